The number of hydrazine groups is 1. The number of fused-ring (bicyclic) bond motifs is 1. The quantitative estimate of drug-likeness (QED) is 0.302. The number of aromatic nitrogens is 1. The van der Waals surface area contributed by atoms with Gasteiger partial charge in [-0.15, -0.1) is 0 Å². The zero-order chi connectivity index (χ0) is 23.1. The molecule has 0 unspecified atom stereocenters. The molecule has 7 N–H and O–H groups in total. The number of nitrogens with two attached hydrogens (primary N) is 3. The predicted molar refractivity (Wildman–Crippen MR) is 132 cm³/mol. The first-order valence-corrected chi connectivity index (χ1v) is 10.7. The maximum Gasteiger partial charge on any atom is 0.251 e. The lowest BCUT2D eigenvalue weighted by Crippen LogP contribution is -2.34. The number of benzene rings is 2. The minimum absolute atomic E-state index is 0.110. The smallest absolute Gasteiger partial charge is 0.251 e. The molecule has 168 valence electrons. The predicted octanol–water partition coefficient (Wildman–Crippen LogP) is 2.53. The number of hydrogen-bond donors (Lipinski definition) is 4. The molecule has 3 rings (SSSR count). The van der Waals surface area contributed by atoms with Gasteiger partial charge in [-0.1, -0.05) is 32.0 Å². The van der Waals surface area contributed by atoms with E-state index >= 15 is 0 Å². The van der Waals surface area contributed by atoms with Crippen LogP contribution >= 0.6 is 0 Å². The van der Waals surface area contributed by atoms with Gasteiger partial charge in [0.25, 0.3) is 5.91 Å². The van der Waals surface area contributed by atoms with Crippen molar-refractivity contribution in [2.75, 3.05) is 36.9 Å². The average Bonchev–Trinajstić information content (AvgIpc) is 2.81. The van der Waals surface area contributed by atoms with Gasteiger partial charge >= 0.3 is 0 Å². The van der Waals surface area contributed by atoms with Crippen molar-refractivity contribution in [3.63, 3.8) is 0 Å². The van der Waals surface area contributed by atoms with Gasteiger partial charge in [0, 0.05) is 35.8 Å². The van der Waals surface area contributed by atoms with Gasteiger partial charge in [0.15, 0.2) is 0 Å². The molecule has 2 aromatic carbocycles. The molecule has 0 saturated heterocycles. The van der Waals surface area contributed by atoms with Crippen LogP contribution in [-0.2, 0) is 0 Å². The second-order valence-electron chi connectivity index (χ2n) is 7.43. The van der Waals surface area contributed by atoms with E-state index in [0.29, 0.717) is 29.3 Å². The molecule has 0 bridgehead atoms. The SMILES string of the molecule is CCN(CC)CCNC(=O)c1ccc(N(N)/C=C(\N)c2cc(N)nc3ccccc23)cc1. The summed E-state index contributed by atoms with van der Waals surface area (Å²) in [4.78, 5) is 19.0. The van der Waals surface area contributed by atoms with Crippen molar-refractivity contribution in [1.29, 1.82) is 0 Å². The van der Waals surface area contributed by atoms with Crippen molar-refractivity contribution in [2.45, 2.75) is 13.8 Å². The van der Waals surface area contributed by atoms with Crippen LogP contribution in [0.5, 0.6) is 0 Å². The molecule has 1 aromatic heterocycles. The molecular weight excluding hydrogens is 402 g/mol. The van der Waals surface area contributed by atoms with Gasteiger partial charge in [0.2, 0.25) is 0 Å². The number of nitrogens with zero attached hydrogens (tertiary/aromatic N) is 3. The van der Waals surface area contributed by atoms with Crippen molar-refractivity contribution < 1.29 is 4.79 Å². The summed E-state index contributed by atoms with van der Waals surface area (Å²) in [6.45, 7) is 7.57. The summed E-state index contributed by atoms with van der Waals surface area (Å²) in [6.07, 6.45) is 1.63. The van der Waals surface area contributed by atoms with Gasteiger partial charge in [-0.25, -0.2) is 10.8 Å². The largest absolute Gasteiger partial charge is 0.397 e. The zero-order valence-corrected chi connectivity index (χ0v) is 18.6. The molecule has 0 fully saturated rings. The van der Waals surface area contributed by atoms with Crippen LogP contribution in [0, 0.1) is 0 Å². The first-order valence-electron chi connectivity index (χ1n) is 10.7. The fourth-order valence-electron chi connectivity index (χ4n) is 3.48. The van der Waals surface area contributed by atoms with Gasteiger partial charge in [0.05, 0.1) is 16.9 Å². The molecule has 1 amide bonds. The second-order valence-corrected chi connectivity index (χ2v) is 7.43. The van der Waals surface area contributed by atoms with Crippen LogP contribution in [0.15, 0.2) is 60.8 Å². The number of rotatable bonds is 9. The molecule has 0 radical (unpaired) electrons. The topological polar surface area (TPSA) is 127 Å². The first-order chi connectivity index (χ1) is 15.4. The Balaban J connectivity index is 1.70. The summed E-state index contributed by atoms with van der Waals surface area (Å²) >= 11 is 0. The highest BCUT2D eigenvalue weighted by molar-refractivity contribution is 5.95. The number of carbonyl (C=O) groups is 1. The molecule has 1 heterocycles. The van der Waals surface area contributed by atoms with E-state index in [-0.39, 0.29) is 5.91 Å². The fraction of sp³-hybridized carbons (Fsp3) is 0.250. The standard InChI is InChI=1S/C24H31N7O/c1-3-30(4-2)14-13-28-24(32)17-9-11-18(12-10-17)31(27)16-21(25)20-15-23(26)29-22-8-6-5-7-19(20)22/h5-12,15-16H,3-4,13-14,25,27H2,1-2H3,(H2,26,29)(H,28,32)/b21-16-. The van der Waals surface area contributed by atoms with Crippen molar-refractivity contribution in [2.24, 2.45) is 11.6 Å². The number of carbonyl (C=O) groups excluding carboxylic acids is 1. The monoisotopic (exact) mass is 433 g/mol. The lowest BCUT2D eigenvalue weighted by molar-refractivity contribution is 0.0949. The Hall–Kier alpha value is -3.62. The van der Waals surface area contributed by atoms with E-state index in [1.165, 1.54) is 5.01 Å². The number of pyridine rings is 1. The van der Waals surface area contributed by atoms with Gasteiger partial charge in [0.1, 0.15) is 5.82 Å². The Morgan fingerprint density at radius 2 is 1.78 bits per heavy atom. The van der Waals surface area contributed by atoms with E-state index in [1.54, 1.807) is 36.5 Å². The maximum absolute atomic E-state index is 12.4. The molecule has 8 heteroatoms. The Labute approximate surface area is 188 Å². The van der Waals surface area contributed by atoms with Crippen LogP contribution in [0.25, 0.3) is 16.6 Å². The van der Waals surface area contributed by atoms with Crippen molar-refractivity contribution in [3.8, 4) is 0 Å². The van der Waals surface area contributed by atoms with Crippen LogP contribution < -0.4 is 27.6 Å². The second kappa shape index (κ2) is 10.6. The van der Waals surface area contributed by atoms with Crippen LogP contribution in [-0.4, -0.2) is 42.0 Å². The highest BCUT2D eigenvalue weighted by Crippen LogP contribution is 2.24. The van der Waals surface area contributed by atoms with Gasteiger partial charge < -0.3 is 21.7 Å². The summed E-state index contributed by atoms with van der Waals surface area (Å²) in [5.74, 6) is 6.48. The third kappa shape index (κ3) is 5.54. The minimum atomic E-state index is -0.110. The highest BCUT2D eigenvalue weighted by atomic mass is 16.1. The molecule has 0 saturated carbocycles. The molecule has 0 aliphatic rings. The summed E-state index contributed by atoms with van der Waals surface area (Å²) in [6, 6.07) is 16.4. The van der Waals surface area contributed by atoms with Crippen LogP contribution in [0.4, 0.5) is 11.5 Å². The van der Waals surface area contributed by atoms with Crippen LogP contribution in [0.3, 0.4) is 0 Å². The Morgan fingerprint density at radius 1 is 1.09 bits per heavy atom. The lowest BCUT2D eigenvalue weighted by Gasteiger charge is -2.18. The first kappa shape index (κ1) is 23.1. The Bertz CT molecular complexity index is 1090. The summed E-state index contributed by atoms with van der Waals surface area (Å²) in [5.41, 5.74) is 15.5. The number of hydrogen-bond acceptors (Lipinski definition) is 7. The summed E-state index contributed by atoms with van der Waals surface area (Å²) in [5, 5.41) is 5.26. The molecule has 0 aliphatic heterocycles. The molecule has 32 heavy (non-hydrogen) atoms. The maximum atomic E-state index is 12.4. The van der Waals surface area contributed by atoms with Crippen LogP contribution in [0.1, 0.15) is 29.8 Å². The number of nitrogen functional groups attached to an aromatic ring is 1. The molecule has 8 nitrogen and oxygen atoms in total. The number of amides is 1. The van der Waals surface area contributed by atoms with E-state index in [1.807, 2.05) is 24.3 Å². The number of nitrogens with one attached hydrogen (secondary N) is 1. The summed E-state index contributed by atoms with van der Waals surface area (Å²) in [7, 11) is 0. The molecule has 0 spiro atoms. The van der Waals surface area contributed by atoms with Crippen molar-refractivity contribution in [3.05, 3.63) is 71.9 Å². The van der Waals surface area contributed by atoms with E-state index in [4.69, 9.17) is 17.3 Å². The molecular formula is C24H31N7O. The highest BCUT2D eigenvalue weighted by Gasteiger charge is 2.10. The van der Waals surface area contributed by atoms with Crippen molar-refractivity contribution in [1.82, 2.24) is 15.2 Å². The normalized spacial score (nSPS) is 11.7. The summed E-state index contributed by atoms with van der Waals surface area (Å²) < 4.78 is 0. The third-order valence-corrected chi connectivity index (χ3v) is 5.36. The van der Waals surface area contributed by atoms with E-state index in [9.17, 15) is 4.79 Å². The number of anilines is 2. The van der Waals surface area contributed by atoms with Gasteiger partial charge in [-0.3, -0.25) is 9.80 Å². The van der Waals surface area contributed by atoms with Crippen LogP contribution in [0.2, 0.25) is 0 Å². The third-order valence-electron chi connectivity index (χ3n) is 5.36. The van der Waals surface area contributed by atoms with E-state index in [0.717, 1.165) is 36.1 Å². The minimum Gasteiger partial charge on any atom is -0.397 e. The fourth-order valence-corrected chi connectivity index (χ4v) is 3.48. The molecule has 0 aliphatic carbocycles. The van der Waals surface area contributed by atoms with Crippen molar-refractivity contribution >= 4 is 34.0 Å². The lowest BCUT2D eigenvalue weighted by atomic mass is 10.1. The van der Waals surface area contributed by atoms with E-state index in [2.05, 4.69) is 29.0 Å². The Morgan fingerprint density at radius 3 is 2.47 bits per heavy atom. The van der Waals surface area contributed by atoms with E-state index < -0.39 is 0 Å². The number of para-hydroxylation sites is 1. The Kier molecular flexibility index (Phi) is 7.64. The zero-order valence-electron chi connectivity index (χ0n) is 18.6. The average molecular weight is 434 g/mol. The number of likely N-dealkylation sites (N-methyl/N-ethyl adjacent to an activating group) is 1. The van der Waals surface area contributed by atoms with Gasteiger partial charge in [-0.2, -0.15) is 0 Å². The molecule has 0 atom stereocenters. The van der Waals surface area contributed by atoms with Gasteiger partial charge in [-0.05, 0) is 49.5 Å². The molecule has 3 aromatic rings.